The van der Waals surface area contributed by atoms with Gasteiger partial charge >= 0.3 is 0 Å². The van der Waals surface area contributed by atoms with E-state index in [1.165, 1.54) is 5.56 Å². The van der Waals surface area contributed by atoms with E-state index in [0.29, 0.717) is 31.5 Å². The molecule has 1 fully saturated rings. The molecule has 1 aliphatic rings. The first-order chi connectivity index (χ1) is 12.8. The molecule has 142 valence electrons. The average Bonchev–Trinajstić information content (AvgIpc) is 2.67. The maximum atomic E-state index is 12.8. The number of carbonyl (C=O) groups excluding carboxylic acids is 1. The van der Waals surface area contributed by atoms with Crippen LogP contribution in [0.15, 0.2) is 48.7 Å². The van der Waals surface area contributed by atoms with Gasteiger partial charge in [-0.3, -0.25) is 4.79 Å². The summed E-state index contributed by atoms with van der Waals surface area (Å²) in [7, 11) is 0. The molecule has 2 heterocycles. The maximum absolute atomic E-state index is 12.8. The van der Waals surface area contributed by atoms with E-state index in [-0.39, 0.29) is 11.3 Å². The molecular weight excluding hydrogens is 360 g/mol. The van der Waals surface area contributed by atoms with Crippen molar-refractivity contribution in [2.75, 3.05) is 26.3 Å². The third-order valence-electron chi connectivity index (χ3n) is 4.69. The van der Waals surface area contributed by atoms with E-state index >= 15 is 0 Å². The normalized spacial score (nSPS) is 15.7. The highest BCUT2D eigenvalue weighted by atomic mass is 35.5. The minimum absolute atomic E-state index is 0.0110. The second-order valence-corrected chi connectivity index (χ2v) is 8.08. The zero-order valence-electron chi connectivity index (χ0n) is 16.0. The number of aromatic nitrogens is 1. The van der Waals surface area contributed by atoms with Crippen LogP contribution in [0.3, 0.4) is 0 Å². The zero-order valence-corrected chi connectivity index (χ0v) is 16.8. The van der Waals surface area contributed by atoms with Crippen LogP contribution in [0.1, 0.15) is 37.5 Å². The fourth-order valence-electron chi connectivity index (χ4n) is 3.02. The van der Waals surface area contributed by atoms with Crippen molar-refractivity contribution in [1.82, 2.24) is 9.88 Å². The molecule has 0 N–H and O–H groups in total. The smallest absolute Gasteiger partial charge is 0.247 e. The fraction of sp³-hybridized carbons (Fsp3) is 0.364. The average molecular weight is 385 g/mol. The molecule has 0 bridgehead atoms. The highest BCUT2D eigenvalue weighted by Gasteiger charge is 2.18. The number of rotatable bonds is 3. The van der Waals surface area contributed by atoms with Crippen molar-refractivity contribution in [2.24, 2.45) is 0 Å². The van der Waals surface area contributed by atoms with E-state index in [4.69, 9.17) is 16.3 Å². The lowest BCUT2D eigenvalue weighted by Crippen LogP contribution is -2.39. The molecule has 3 rings (SSSR count). The Balaban J connectivity index is 1.98. The molecule has 27 heavy (non-hydrogen) atoms. The molecule has 5 heteroatoms. The van der Waals surface area contributed by atoms with Crippen molar-refractivity contribution < 1.29 is 9.53 Å². The second kappa shape index (κ2) is 8.24. The van der Waals surface area contributed by atoms with E-state index < -0.39 is 0 Å². The molecular formula is C22H25ClN2O2. The summed E-state index contributed by atoms with van der Waals surface area (Å²) in [5.74, 6) is -0.0110. The van der Waals surface area contributed by atoms with Crippen LogP contribution in [0, 0.1) is 0 Å². The molecule has 0 unspecified atom stereocenters. The van der Waals surface area contributed by atoms with E-state index in [2.05, 4.69) is 50.0 Å². The standard InChI is InChI=1S/C22H25ClN2O2/c1-22(2,3)18-7-4-16(5-8-18)19(17-6-9-20(23)24-15-17)14-21(26)25-10-12-27-13-11-25/h4-9,14-15H,10-13H2,1-3H3. The predicted molar refractivity (Wildman–Crippen MR) is 109 cm³/mol. The Morgan fingerprint density at radius 2 is 1.70 bits per heavy atom. The van der Waals surface area contributed by atoms with Crippen LogP contribution in [-0.2, 0) is 14.9 Å². The van der Waals surface area contributed by atoms with Crippen LogP contribution in [0.4, 0.5) is 0 Å². The predicted octanol–water partition coefficient (Wildman–Crippen LogP) is 4.32. The summed E-state index contributed by atoms with van der Waals surface area (Å²) in [5, 5.41) is 0.431. The number of morpholine rings is 1. The lowest BCUT2D eigenvalue weighted by atomic mass is 9.85. The first kappa shape index (κ1) is 19.6. The van der Waals surface area contributed by atoms with Gasteiger partial charge in [0.1, 0.15) is 5.15 Å². The van der Waals surface area contributed by atoms with Crippen LogP contribution < -0.4 is 0 Å². The Kier molecular flexibility index (Phi) is 5.98. The number of halogens is 1. The zero-order chi connectivity index (χ0) is 19.4. The fourth-order valence-corrected chi connectivity index (χ4v) is 3.13. The summed E-state index contributed by atoms with van der Waals surface area (Å²) >= 11 is 5.94. The van der Waals surface area contributed by atoms with Gasteiger partial charge in [0.25, 0.3) is 0 Å². The van der Waals surface area contributed by atoms with Crippen LogP contribution in [0.25, 0.3) is 5.57 Å². The number of nitrogens with zero attached hydrogens (tertiary/aromatic N) is 2. The highest BCUT2D eigenvalue weighted by Crippen LogP contribution is 2.28. The van der Waals surface area contributed by atoms with Crippen molar-refractivity contribution in [3.63, 3.8) is 0 Å². The summed E-state index contributed by atoms with van der Waals surface area (Å²) < 4.78 is 5.34. The Labute approximate surface area is 165 Å². The molecule has 0 spiro atoms. The highest BCUT2D eigenvalue weighted by molar-refractivity contribution is 6.29. The topological polar surface area (TPSA) is 42.4 Å². The number of ether oxygens (including phenoxy) is 1. The van der Waals surface area contributed by atoms with Gasteiger partial charge in [0, 0.05) is 30.9 Å². The van der Waals surface area contributed by atoms with Crippen molar-refractivity contribution in [1.29, 1.82) is 0 Å². The number of hydrogen-bond donors (Lipinski definition) is 0. The van der Waals surface area contributed by atoms with E-state index in [9.17, 15) is 4.79 Å². The minimum Gasteiger partial charge on any atom is -0.378 e. The first-order valence-electron chi connectivity index (χ1n) is 9.16. The van der Waals surface area contributed by atoms with Crippen molar-refractivity contribution in [3.8, 4) is 0 Å². The molecule has 1 aromatic heterocycles. The molecule has 0 saturated carbocycles. The van der Waals surface area contributed by atoms with Crippen LogP contribution >= 0.6 is 11.6 Å². The van der Waals surface area contributed by atoms with Crippen LogP contribution in [0.2, 0.25) is 5.15 Å². The van der Waals surface area contributed by atoms with Gasteiger partial charge in [0.05, 0.1) is 13.2 Å². The number of carbonyl (C=O) groups is 1. The van der Waals surface area contributed by atoms with Gasteiger partial charge in [-0.2, -0.15) is 0 Å². The molecule has 1 aliphatic heterocycles. The van der Waals surface area contributed by atoms with E-state index in [1.54, 1.807) is 18.3 Å². The van der Waals surface area contributed by atoms with Gasteiger partial charge in [-0.15, -0.1) is 0 Å². The molecule has 0 atom stereocenters. The molecule has 4 nitrogen and oxygen atoms in total. The van der Waals surface area contributed by atoms with Crippen molar-refractivity contribution in [3.05, 3.63) is 70.5 Å². The van der Waals surface area contributed by atoms with Gasteiger partial charge in [-0.05, 0) is 34.2 Å². The van der Waals surface area contributed by atoms with E-state index in [1.807, 2.05) is 11.0 Å². The van der Waals surface area contributed by atoms with Gasteiger partial charge < -0.3 is 9.64 Å². The molecule has 1 amide bonds. The van der Waals surface area contributed by atoms with Gasteiger partial charge in [0.15, 0.2) is 0 Å². The van der Waals surface area contributed by atoms with Crippen molar-refractivity contribution in [2.45, 2.75) is 26.2 Å². The van der Waals surface area contributed by atoms with Crippen molar-refractivity contribution >= 4 is 23.1 Å². The Bertz CT molecular complexity index is 815. The molecule has 0 aliphatic carbocycles. The monoisotopic (exact) mass is 384 g/mol. The van der Waals surface area contributed by atoms with E-state index in [0.717, 1.165) is 16.7 Å². The van der Waals surface area contributed by atoms with Gasteiger partial charge in [-0.1, -0.05) is 56.6 Å². The summed E-state index contributed by atoms with van der Waals surface area (Å²) in [5.41, 5.74) is 4.02. The molecule has 2 aromatic rings. The lowest BCUT2D eigenvalue weighted by molar-refractivity contribution is -0.129. The summed E-state index contributed by atoms with van der Waals surface area (Å²) in [6.07, 6.45) is 3.40. The quantitative estimate of drug-likeness (QED) is 0.584. The Morgan fingerprint density at radius 3 is 2.26 bits per heavy atom. The van der Waals surface area contributed by atoms with Crippen LogP contribution in [0.5, 0.6) is 0 Å². The third kappa shape index (κ3) is 4.96. The molecule has 1 saturated heterocycles. The summed E-state index contributed by atoms with van der Waals surface area (Å²) in [4.78, 5) is 18.8. The molecule has 0 radical (unpaired) electrons. The Hall–Kier alpha value is -2.17. The summed E-state index contributed by atoms with van der Waals surface area (Å²) in [6.45, 7) is 8.95. The minimum atomic E-state index is -0.0110. The second-order valence-electron chi connectivity index (χ2n) is 7.69. The largest absolute Gasteiger partial charge is 0.378 e. The maximum Gasteiger partial charge on any atom is 0.247 e. The SMILES string of the molecule is CC(C)(C)c1ccc(C(=CC(=O)N2CCOCC2)c2ccc(Cl)nc2)cc1. The van der Waals surface area contributed by atoms with Gasteiger partial charge in [0.2, 0.25) is 5.91 Å². The Morgan fingerprint density at radius 1 is 1.07 bits per heavy atom. The van der Waals surface area contributed by atoms with Crippen LogP contribution in [-0.4, -0.2) is 42.1 Å². The number of pyridine rings is 1. The first-order valence-corrected chi connectivity index (χ1v) is 9.53. The molecule has 1 aromatic carbocycles. The third-order valence-corrected chi connectivity index (χ3v) is 4.91. The lowest BCUT2D eigenvalue weighted by Gasteiger charge is -2.26. The number of benzene rings is 1. The number of amides is 1. The summed E-state index contributed by atoms with van der Waals surface area (Å²) in [6, 6.07) is 12.0. The number of hydrogen-bond acceptors (Lipinski definition) is 3. The van der Waals surface area contributed by atoms with Gasteiger partial charge in [-0.25, -0.2) is 4.98 Å².